The Balaban J connectivity index is 3.65. The number of rotatable bonds is 2. The quantitative estimate of drug-likeness (QED) is 0.594. The van der Waals surface area contributed by atoms with E-state index in [9.17, 15) is 14.4 Å². The Morgan fingerprint density at radius 1 is 0.789 bits per heavy atom. The number of methoxy groups -OCH3 is 3. The SMILES string of the molecule is COC(=O)c1c(C(=O)OC)c(C)n(C(=O)OC)c1C. The Kier molecular flexibility index (Phi) is 4.31. The van der Waals surface area contributed by atoms with Gasteiger partial charge in [0.25, 0.3) is 0 Å². The maximum atomic E-state index is 11.8. The fourth-order valence-corrected chi connectivity index (χ4v) is 1.91. The second kappa shape index (κ2) is 5.55. The van der Waals surface area contributed by atoms with E-state index in [4.69, 9.17) is 0 Å². The van der Waals surface area contributed by atoms with E-state index < -0.39 is 18.0 Å². The molecular formula is C12H15NO6. The van der Waals surface area contributed by atoms with Gasteiger partial charge in [-0.1, -0.05) is 0 Å². The van der Waals surface area contributed by atoms with Crippen molar-refractivity contribution in [2.45, 2.75) is 13.8 Å². The molecule has 1 rings (SSSR count). The van der Waals surface area contributed by atoms with E-state index in [1.54, 1.807) is 0 Å². The summed E-state index contributed by atoms with van der Waals surface area (Å²) < 4.78 is 15.0. The Labute approximate surface area is 110 Å². The smallest absolute Gasteiger partial charge is 0.418 e. The van der Waals surface area contributed by atoms with E-state index in [0.717, 1.165) is 4.57 Å². The lowest BCUT2D eigenvalue weighted by atomic mass is 10.1. The van der Waals surface area contributed by atoms with Crippen LogP contribution in [0.4, 0.5) is 4.79 Å². The number of hydrogen-bond donors (Lipinski definition) is 0. The zero-order chi connectivity index (χ0) is 14.7. The van der Waals surface area contributed by atoms with Crippen LogP contribution in [0.25, 0.3) is 0 Å². The first-order valence-corrected chi connectivity index (χ1v) is 5.37. The number of hydrogen-bond acceptors (Lipinski definition) is 6. The Bertz CT molecular complexity index is 503. The highest BCUT2D eigenvalue weighted by molar-refractivity contribution is 6.06. The standard InChI is InChI=1S/C12H15NO6/c1-6-8(10(14)17-3)9(11(15)18-4)7(2)13(6)12(16)19-5/h1-5H3. The molecule has 0 spiro atoms. The molecule has 7 heteroatoms. The van der Waals surface area contributed by atoms with Crippen molar-refractivity contribution < 1.29 is 28.6 Å². The minimum absolute atomic E-state index is 0.00255. The molecule has 0 bridgehead atoms. The van der Waals surface area contributed by atoms with Gasteiger partial charge in [0.2, 0.25) is 0 Å². The van der Waals surface area contributed by atoms with Crippen molar-refractivity contribution in [2.24, 2.45) is 0 Å². The minimum atomic E-state index is -0.719. The molecule has 0 saturated carbocycles. The number of aromatic nitrogens is 1. The maximum Gasteiger partial charge on any atom is 0.418 e. The van der Waals surface area contributed by atoms with Crippen LogP contribution in [0, 0.1) is 13.8 Å². The van der Waals surface area contributed by atoms with Crippen molar-refractivity contribution in [3.63, 3.8) is 0 Å². The van der Waals surface area contributed by atoms with Crippen molar-refractivity contribution in [1.29, 1.82) is 0 Å². The summed E-state index contributed by atoms with van der Waals surface area (Å²) in [6.45, 7) is 3.03. The second-order valence-corrected chi connectivity index (χ2v) is 3.71. The van der Waals surface area contributed by atoms with Crippen LogP contribution in [-0.4, -0.2) is 43.9 Å². The van der Waals surface area contributed by atoms with Crippen molar-refractivity contribution in [3.05, 3.63) is 22.5 Å². The van der Waals surface area contributed by atoms with Gasteiger partial charge in [-0.2, -0.15) is 0 Å². The third-order valence-corrected chi connectivity index (χ3v) is 2.78. The fourth-order valence-electron chi connectivity index (χ4n) is 1.91. The number of carbonyl (C=O) groups excluding carboxylic acids is 3. The van der Waals surface area contributed by atoms with Gasteiger partial charge in [-0.05, 0) is 13.8 Å². The molecule has 0 saturated heterocycles. The van der Waals surface area contributed by atoms with Crippen LogP contribution < -0.4 is 0 Å². The molecule has 0 N–H and O–H groups in total. The molecule has 104 valence electrons. The highest BCUT2D eigenvalue weighted by Crippen LogP contribution is 2.24. The zero-order valence-electron chi connectivity index (χ0n) is 11.4. The Morgan fingerprint density at radius 2 is 1.16 bits per heavy atom. The van der Waals surface area contributed by atoms with Crippen LogP contribution in [0.2, 0.25) is 0 Å². The molecule has 1 heterocycles. The van der Waals surface area contributed by atoms with Gasteiger partial charge >= 0.3 is 18.0 Å². The summed E-state index contributed by atoms with van der Waals surface area (Å²) in [6, 6.07) is 0. The van der Waals surface area contributed by atoms with Crippen molar-refractivity contribution in [2.75, 3.05) is 21.3 Å². The highest BCUT2D eigenvalue weighted by Gasteiger charge is 2.31. The fraction of sp³-hybridized carbons (Fsp3) is 0.417. The van der Waals surface area contributed by atoms with Crippen LogP contribution in [0.3, 0.4) is 0 Å². The van der Waals surface area contributed by atoms with Crippen LogP contribution in [0.5, 0.6) is 0 Å². The normalized spacial score (nSPS) is 9.95. The van der Waals surface area contributed by atoms with Crippen LogP contribution in [0.1, 0.15) is 32.1 Å². The van der Waals surface area contributed by atoms with Gasteiger partial charge in [0.15, 0.2) is 0 Å². The predicted octanol–water partition coefficient (Wildman–Crippen LogP) is 1.29. The van der Waals surface area contributed by atoms with E-state index in [1.807, 2.05) is 0 Å². The Morgan fingerprint density at radius 3 is 1.42 bits per heavy atom. The molecule has 0 radical (unpaired) electrons. The summed E-state index contributed by atoms with van der Waals surface area (Å²) in [4.78, 5) is 35.2. The lowest BCUT2D eigenvalue weighted by Gasteiger charge is -2.05. The first kappa shape index (κ1) is 14.7. The van der Waals surface area contributed by atoms with Crippen LogP contribution >= 0.6 is 0 Å². The molecule has 0 aromatic carbocycles. The molecule has 0 fully saturated rings. The number of ether oxygens (including phenoxy) is 3. The molecule has 1 aromatic heterocycles. The Hall–Kier alpha value is -2.31. The molecule has 0 unspecified atom stereocenters. The van der Waals surface area contributed by atoms with Gasteiger partial charge in [0.1, 0.15) is 0 Å². The average molecular weight is 269 g/mol. The van der Waals surface area contributed by atoms with Gasteiger partial charge in [-0.25, -0.2) is 14.4 Å². The number of nitrogens with zero attached hydrogens (tertiary/aromatic N) is 1. The lowest BCUT2D eigenvalue weighted by molar-refractivity contribution is 0.0555. The first-order valence-electron chi connectivity index (χ1n) is 5.37. The number of carbonyl (C=O) groups is 3. The van der Waals surface area contributed by atoms with Crippen molar-refractivity contribution >= 4 is 18.0 Å². The zero-order valence-corrected chi connectivity index (χ0v) is 11.4. The largest absolute Gasteiger partial charge is 0.465 e. The van der Waals surface area contributed by atoms with Crippen LogP contribution in [-0.2, 0) is 14.2 Å². The molecule has 0 aliphatic rings. The molecular weight excluding hydrogens is 254 g/mol. The molecule has 1 aromatic rings. The van der Waals surface area contributed by atoms with Crippen molar-refractivity contribution in [1.82, 2.24) is 4.57 Å². The summed E-state index contributed by atoms with van der Waals surface area (Å²) in [6.07, 6.45) is -0.699. The summed E-state index contributed by atoms with van der Waals surface area (Å²) in [5, 5.41) is 0. The average Bonchev–Trinajstić information content (AvgIpc) is 2.67. The summed E-state index contributed by atoms with van der Waals surface area (Å²) >= 11 is 0. The van der Waals surface area contributed by atoms with E-state index >= 15 is 0 Å². The third-order valence-electron chi connectivity index (χ3n) is 2.78. The molecule has 0 aliphatic heterocycles. The van der Waals surface area contributed by atoms with Gasteiger partial charge in [-0.15, -0.1) is 0 Å². The summed E-state index contributed by atoms with van der Waals surface area (Å²) in [5.41, 5.74) is 0.516. The second-order valence-electron chi connectivity index (χ2n) is 3.71. The third kappa shape index (κ3) is 2.31. The maximum absolute atomic E-state index is 11.8. The monoisotopic (exact) mass is 269 g/mol. The van der Waals surface area contributed by atoms with Gasteiger partial charge in [0.05, 0.1) is 32.5 Å². The molecule has 19 heavy (non-hydrogen) atoms. The minimum Gasteiger partial charge on any atom is -0.465 e. The first-order chi connectivity index (χ1) is 8.90. The summed E-state index contributed by atoms with van der Waals surface area (Å²) in [5.74, 6) is -1.44. The van der Waals surface area contributed by atoms with Crippen molar-refractivity contribution in [3.8, 4) is 0 Å². The topological polar surface area (TPSA) is 83.8 Å². The van der Waals surface area contributed by atoms with E-state index in [2.05, 4.69) is 14.2 Å². The number of esters is 2. The van der Waals surface area contributed by atoms with Gasteiger partial charge < -0.3 is 14.2 Å². The molecule has 0 atom stereocenters. The molecule has 7 nitrogen and oxygen atoms in total. The van der Waals surface area contributed by atoms with E-state index in [0.29, 0.717) is 0 Å². The molecule has 0 amide bonds. The molecule has 0 aliphatic carbocycles. The lowest BCUT2D eigenvalue weighted by Crippen LogP contribution is -2.15. The van der Waals surface area contributed by atoms with E-state index in [1.165, 1.54) is 35.2 Å². The summed E-state index contributed by atoms with van der Waals surface area (Å²) in [7, 11) is 3.58. The highest BCUT2D eigenvalue weighted by atomic mass is 16.5. The van der Waals surface area contributed by atoms with Crippen LogP contribution in [0.15, 0.2) is 0 Å². The van der Waals surface area contributed by atoms with Gasteiger partial charge in [-0.3, -0.25) is 4.57 Å². The predicted molar refractivity (Wildman–Crippen MR) is 64.4 cm³/mol. The van der Waals surface area contributed by atoms with Gasteiger partial charge in [0, 0.05) is 11.4 Å². The van der Waals surface area contributed by atoms with E-state index in [-0.39, 0.29) is 22.5 Å².